The standard InChI is InChI=1S/C11H16N2/c12-7-6-11(4-2-5-11)10-3-1-8-13-9-10/h1,3,8-9H,2,4-7,12H2. The van der Waals surface area contributed by atoms with Crippen LogP contribution in [0.3, 0.4) is 0 Å². The average molecular weight is 176 g/mol. The van der Waals surface area contributed by atoms with Crippen LogP contribution in [0, 0.1) is 0 Å². The van der Waals surface area contributed by atoms with E-state index in [4.69, 9.17) is 5.73 Å². The fourth-order valence-corrected chi connectivity index (χ4v) is 2.24. The molecule has 1 aromatic rings. The van der Waals surface area contributed by atoms with Crippen molar-refractivity contribution in [3.8, 4) is 0 Å². The van der Waals surface area contributed by atoms with Gasteiger partial charge in [0.2, 0.25) is 0 Å². The minimum absolute atomic E-state index is 0.378. The monoisotopic (exact) mass is 176 g/mol. The molecular formula is C11H16N2. The van der Waals surface area contributed by atoms with Gasteiger partial charge in [0.15, 0.2) is 0 Å². The van der Waals surface area contributed by atoms with Crippen molar-refractivity contribution in [1.29, 1.82) is 0 Å². The molecule has 0 aliphatic heterocycles. The maximum absolute atomic E-state index is 5.64. The second-order valence-corrected chi connectivity index (χ2v) is 3.91. The number of aromatic nitrogens is 1. The molecular weight excluding hydrogens is 160 g/mol. The van der Waals surface area contributed by atoms with E-state index in [2.05, 4.69) is 11.1 Å². The molecule has 2 nitrogen and oxygen atoms in total. The van der Waals surface area contributed by atoms with Crippen LogP contribution in [-0.4, -0.2) is 11.5 Å². The zero-order valence-electron chi connectivity index (χ0n) is 7.87. The number of nitrogens with two attached hydrogens (primary N) is 1. The second kappa shape index (κ2) is 3.46. The zero-order valence-corrected chi connectivity index (χ0v) is 7.87. The van der Waals surface area contributed by atoms with Gasteiger partial charge in [-0.3, -0.25) is 4.98 Å². The van der Waals surface area contributed by atoms with Gasteiger partial charge >= 0.3 is 0 Å². The Morgan fingerprint density at radius 1 is 1.46 bits per heavy atom. The van der Waals surface area contributed by atoms with Crippen molar-refractivity contribution in [1.82, 2.24) is 4.98 Å². The van der Waals surface area contributed by atoms with Gasteiger partial charge < -0.3 is 5.73 Å². The molecule has 2 rings (SSSR count). The number of pyridine rings is 1. The van der Waals surface area contributed by atoms with E-state index in [0.717, 1.165) is 13.0 Å². The summed E-state index contributed by atoms with van der Waals surface area (Å²) in [6, 6.07) is 4.20. The van der Waals surface area contributed by atoms with E-state index < -0.39 is 0 Å². The fourth-order valence-electron chi connectivity index (χ4n) is 2.24. The SMILES string of the molecule is NCCC1(c2cccnc2)CCC1. The Labute approximate surface area is 79.2 Å². The first-order chi connectivity index (χ1) is 6.37. The summed E-state index contributed by atoms with van der Waals surface area (Å²) in [4.78, 5) is 4.17. The maximum Gasteiger partial charge on any atom is 0.0305 e. The Hall–Kier alpha value is -0.890. The van der Waals surface area contributed by atoms with Crippen molar-refractivity contribution >= 4 is 0 Å². The molecule has 0 atom stereocenters. The number of hydrogen-bond acceptors (Lipinski definition) is 2. The summed E-state index contributed by atoms with van der Waals surface area (Å²) >= 11 is 0. The molecule has 1 heterocycles. The molecule has 0 aromatic carbocycles. The summed E-state index contributed by atoms with van der Waals surface area (Å²) in [5.74, 6) is 0. The highest BCUT2D eigenvalue weighted by molar-refractivity contribution is 5.24. The van der Waals surface area contributed by atoms with Gasteiger partial charge in [0.05, 0.1) is 0 Å². The van der Waals surface area contributed by atoms with Gasteiger partial charge in [-0.05, 0) is 42.9 Å². The van der Waals surface area contributed by atoms with Gasteiger partial charge in [-0.1, -0.05) is 12.5 Å². The van der Waals surface area contributed by atoms with Gasteiger partial charge in [0, 0.05) is 12.4 Å². The van der Waals surface area contributed by atoms with Gasteiger partial charge in [-0.25, -0.2) is 0 Å². The van der Waals surface area contributed by atoms with Crippen molar-refractivity contribution in [3.63, 3.8) is 0 Å². The van der Waals surface area contributed by atoms with Crippen molar-refractivity contribution in [2.24, 2.45) is 5.73 Å². The van der Waals surface area contributed by atoms with Crippen LogP contribution in [0.5, 0.6) is 0 Å². The molecule has 1 saturated carbocycles. The molecule has 0 bridgehead atoms. The third-order valence-electron chi connectivity index (χ3n) is 3.21. The van der Waals surface area contributed by atoms with Gasteiger partial charge in [0.1, 0.15) is 0 Å². The van der Waals surface area contributed by atoms with Gasteiger partial charge in [0.25, 0.3) is 0 Å². The van der Waals surface area contributed by atoms with Crippen LogP contribution in [0.4, 0.5) is 0 Å². The fraction of sp³-hybridized carbons (Fsp3) is 0.545. The van der Waals surface area contributed by atoms with Crippen LogP contribution in [0.2, 0.25) is 0 Å². The Kier molecular flexibility index (Phi) is 2.32. The highest BCUT2D eigenvalue weighted by Gasteiger charge is 2.37. The van der Waals surface area contributed by atoms with Gasteiger partial charge in [-0.2, -0.15) is 0 Å². The lowest BCUT2D eigenvalue weighted by atomic mass is 9.63. The highest BCUT2D eigenvalue weighted by atomic mass is 14.6. The van der Waals surface area contributed by atoms with Crippen molar-refractivity contribution in [2.45, 2.75) is 31.1 Å². The summed E-state index contributed by atoms with van der Waals surface area (Å²) in [5, 5.41) is 0. The Morgan fingerprint density at radius 2 is 2.31 bits per heavy atom. The van der Waals surface area contributed by atoms with Crippen LogP contribution >= 0.6 is 0 Å². The summed E-state index contributed by atoms with van der Waals surface area (Å²) in [7, 11) is 0. The molecule has 0 radical (unpaired) electrons. The molecule has 0 amide bonds. The molecule has 2 N–H and O–H groups in total. The molecule has 2 heteroatoms. The number of rotatable bonds is 3. The van der Waals surface area contributed by atoms with E-state index in [1.165, 1.54) is 24.8 Å². The van der Waals surface area contributed by atoms with Gasteiger partial charge in [-0.15, -0.1) is 0 Å². The lowest BCUT2D eigenvalue weighted by Gasteiger charge is -2.42. The number of hydrogen-bond donors (Lipinski definition) is 1. The van der Waals surface area contributed by atoms with Crippen LogP contribution in [0.25, 0.3) is 0 Å². The third-order valence-corrected chi connectivity index (χ3v) is 3.21. The zero-order chi connectivity index (χ0) is 9.15. The predicted molar refractivity (Wildman–Crippen MR) is 53.4 cm³/mol. The molecule has 1 aliphatic carbocycles. The van der Waals surface area contributed by atoms with E-state index in [-0.39, 0.29) is 0 Å². The van der Waals surface area contributed by atoms with E-state index in [1.807, 2.05) is 18.5 Å². The average Bonchev–Trinajstić information content (AvgIpc) is 2.13. The third kappa shape index (κ3) is 1.46. The van der Waals surface area contributed by atoms with Crippen LogP contribution < -0.4 is 5.73 Å². The summed E-state index contributed by atoms with van der Waals surface area (Å²) < 4.78 is 0. The molecule has 1 aliphatic rings. The largest absolute Gasteiger partial charge is 0.330 e. The maximum atomic E-state index is 5.64. The lowest BCUT2D eigenvalue weighted by molar-refractivity contribution is 0.229. The van der Waals surface area contributed by atoms with E-state index in [9.17, 15) is 0 Å². The molecule has 1 aromatic heterocycles. The first-order valence-electron chi connectivity index (χ1n) is 4.98. The first kappa shape index (κ1) is 8.70. The minimum atomic E-state index is 0.378. The Balaban J connectivity index is 2.22. The van der Waals surface area contributed by atoms with E-state index in [1.54, 1.807) is 0 Å². The molecule has 1 fully saturated rings. The Morgan fingerprint density at radius 3 is 2.77 bits per heavy atom. The Bertz CT molecular complexity index is 265. The summed E-state index contributed by atoms with van der Waals surface area (Å²) in [6.45, 7) is 0.787. The minimum Gasteiger partial charge on any atom is -0.330 e. The summed E-state index contributed by atoms with van der Waals surface area (Å²) in [6.07, 6.45) is 8.85. The highest BCUT2D eigenvalue weighted by Crippen LogP contribution is 2.45. The van der Waals surface area contributed by atoms with Crippen molar-refractivity contribution in [3.05, 3.63) is 30.1 Å². The molecule has 13 heavy (non-hydrogen) atoms. The molecule has 70 valence electrons. The normalized spacial score (nSPS) is 19.5. The number of nitrogens with zero attached hydrogens (tertiary/aromatic N) is 1. The van der Waals surface area contributed by atoms with Crippen LogP contribution in [0.15, 0.2) is 24.5 Å². The quantitative estimate of drug-likeness (QED) is 0.763. The second-order valence-electron chi connectivity index (χ2n) is 3.91. The van der Waals surface area contributed by atoms with E-state index >= 15 is 0 Å². The van der Waals surface area contributed by atoms with E-state index in [0.29, 0.717) is 5.41 Å². The topological polar surface area (TPSA) is 38.9 Å². The molecule has 0 saturated heterocycles. The predicted octanol–water partition coefficient (Wildman–Crippen LogP) is 1.85. The molecule has 0 unspecified atom stereocenters. The molecule has 0 spiro atoms. The first-order valence-corrected chi connectivity index (χ1v) is 4.98. The van der Waals surface area contributed by atoms with Crippen LogP contribution in [-0.2, 0) is 5.41 Å². The van der Waals surface area contributed by atoms with Crippen molar-refractivity contribution < 1.29 is 0 Å². The summed E-state index contributed by atoms with van der Waals surface area (Å²) in [5.41, 5.74) is 7.40. The smallest absolute Gasteiger partial charge is 0.0305 e. The lowest BCUT2D eigenvalue weighted by Crippen LogP contribution is -2.36. The van der Waals surface area contributed by atoms with Crippen molar-refractivity contribution in [2.75, 3.05) is 6.54 Å². The van der Waals surface area contributed by atoms with Crippen LogP contribution in [0.1, 0.15) is 31.2 Å².